The van der Waals surface area contributed by atoms with Crippen LogP contribution < -0.4 is 10.2 Å². The summed E-state index contributed by atoms with van der Waals surface area (Å²) in [7, 11) is 0. The van der Waals surface area contributed by atoms with Gasteiger partial charge in [-0.05, 0) is 48.7 Å². The number of fused-ring (bicyclic) bond motifs is 1. The zero-order chi connectivity index (χ0) is 20.9. The lowest BCUT2D eigenvalue weighted by atomic mass is 9.98. The van der Waals surface area contributed by atoms with Gasteiger partial charge in [-0.3, -0.25) is 14.5 Å². The number of nitrogens with one attached hydrogen (secondary N) is 1. The fourth-order valence-corrected chi connectivity index (χ4v) is 3.98. The molecule has 4 rings (SSSR count). The van der Waals surface area contributed by atoms with Crippen LogP contribution in [-0.2, 0) is 11.2 Å². The molecule has 1 N–H and O–H groups in total. The molecule has 1 fully saturated rings. The zero-order valence-electron chi connectivity index (χ0n) is 16.9. The van der Waals surface area contributed by atoms with Crippen molar-refractivity contribution < 1.29 is 18.7 Å². The molecule has 0 aromatic heterocycles. The minimum absolute atomic E-state index is 0.0651. The number of rotatable bonds is 5. The second kappa shape index (κ2) is 9.36. The Hall–Kier alpha value is -2.77. The minimum Gasteiger partial charge on any atom is -0.379 e. The Balaban J connectivity index is 1.43. The average molecular weight is 411 g/mol. The van der Waals surface area contributed by atoms with Crippen LogP contribution in [-0.4, -0.2) is 62.7 Å². The fourth-order valence-electron chi connectivity index (χ4n) is 3.98. The van der Waals surface area contributed by atoms with Crippen LogP contribution in [0, 0.1) is 5.82 Å². The summed E-state index contributed by atoms with van der Waals surface area (Å²) in [5.74, 6) is -0.994. The molecule has 2 aliphatic rings. The van der Waals surface area contributed by atoms with Gasteiger partial charge in [0.2, 0.25) is 0 Å². The van der Waals surface area contributed by atoms with Crippen molar-refractivity contribution in [1.29, 1.82) is 0 Å². The molecular formula is C23H26FN3O3. The van der Waals surface area contributed by atoms with Crippen molar-refractivity contribution in [2.24, 2.45) is 0 Å². The number of amides is 2. The van der Waals surface area contributed by atoms with Crippen molar-refractivity contribution in [3.05, 3.63) is 65.0 Å². The maximum absolute atomic E-state index is 14.1. The van der Waals surface area contributed by atoms with Crippen molar-refractivity contribution in [3.63, 3.8) is 0 Å². The predicted molar refractivity (Wildman–Crippen MR) is 112 cm³/mol. The average Bonchev–Trinajstić information content (AvgIpc) is 2.79. The number of hydrogen-bond donors (Lipinski definition) is 1. The second-order valence-electron chi connectivity index (χ2n) is 7.59. The number of carbonyl (C=O) groups excluding carboxylic acids is 2. The maximum Gasteiger partial charge on any atom is 0.261 e. The lowest BCUT2D eigenvalue weighted by molar-refractivity contribution is 0.0383. The third-order valence-corrected chi connectivity index (χ3v) is 5.63. The summed E-state index contributed by atoms with van der Waals surface area (Å²) in [6.45, 7) is 5.16. The molecule has 30 heavy (non-hydrogen) atoms. The molecule has 0 atom stereocenters. The second-order valence-corrected chi connectivity index (χ2v) is 7.59. The molecule has 6 nitrogen and oxygen atoms in total. The van der Waals surface area contributed by atoms with Gasteiger partial charge in [-0.1, -0.05) is 12.1 Å². The molecule has 0 saturated carbocycles. The van der Waals surface area contributed by atoms with Crippen LogP contribution in [0.5, 0.6) is 0 Å². The SMILES string of the molecule is O=C(NCCN1CCOCC1)c1ccc2c(c1)CCCN2C(=O)c1ccccc1F. The number of carbonyl (C=O) groups is 2. The van der Waals surface area contributed by atoms with Gasteiger partial charge in [0.15, 0.2) is 0 Å². The largest absolute Gasteiger partial charge is 0.379 e. The molecule has 2 aromatic rings. The standard InChI is InChI=1S/C23H26FN3O3/c24-20-6-2-1-5-19(20)23(29)27-10-3-4-17-16-18(7-8-21(17)27)22(28)25-9-11-26-12-14-30-15-13-26/h1-2,5-8,16H,3-4,9-15H2,(H,25,28). The summed E-state index contributed by atoms with van der Waals surface area (Å²) in [5, 5.41) is 2.97. The highest BCUT2D eigenvalue weighted by Gasteiger charge is 2.26. The van der Waals surface area contributed by atoms with Crippen LogP contribution in [0.1, 0.15) is 32.7 Å². The summed E-state index contributed by atoms with van der Waals surface area (Å²) in [6, 6.07) is 11.4. The van der Waals surface area contributed by atoms with Crippen molar-refractivity contribution in [2.75, 3.05) is 50.8 Å². The zero-order valence-corrected chi connectivity index (χ0v) is 16.9. The summed E-state index contributed by atoms with van der Waals surface area (Å²) < 4.78 is 19.4. The molecule has 7 heteroatoms. The van der Waals surface area contributed by atoms with E-state index in [4.69, 9.17) is 4.74 Å². The fraction of sp³-hybridized carbons (Fsp3) is 0.391. The number of halogens is 1. The van der Waals surface area contributed by atoms with Crippen LogP contribution in [0.2, 0.25) is 0 Å². The first-order valence-electron chi connectivity index (χ1n) is 10.4. The topological polar surface area (TPSA) is 61.9 Å². The Bertz CT molecular complexity index is 928. The molecule has 1 saturated heterocycles. The molecule has 0 radical (unpaired) electrons. The Morgan fingerprint density at radius 3 is 2.67 bits per heavy atom. The first-order valence-corrected chi connectivity index (χ1v) is 10.4. The van der Waals surface area contributed by atoms with Gasteiger partial charge in [0.25, 0.3) is 11.8 Å². The van der Waals surface area contributed by atoms with E-state index in [1.165, 1.54) is 12.1 Å². The van der Waals surface area contributed by atoms with Crippen molar-refractivity contribution >= 4 is 17.5 Å². The Kier molecular flexibility index (Phi) is 6.40. The number of benzene rings is 2. The van der Waals surface area contributed by atoms with E-state index in [1.807, 2.05) is 6.07 Å². The highest BCUT2D eigenvalue weighted by Crippen LogP contribution is 2.29. The Labute approximate surface area is 175 Å². The number of nitrogens with zero attached hydrogens (tertiary/aromatic N) is 2. The van der Waals surface area contributed by atoms with Gasteiger partial charge in [0.1, 0.15) is 5.82 Å². The van der Waals surface area contributed by atoms with E-state index in [0.29, 0.717) is 18.7 Å². The van der Waals surface area contributed by atoms with E-state index in [9.17, 15) is 14.0 Å². The predicted octanol–water partition coefficient (Wildman–Crippen LogP) is 2.48. The summed E-state index contributed by atoms with van der Waals surface area (Å²) >= 11 is 0. The lowest BCUT2D eigenvalue weighted by Crippen LogP contribution is -2.41. The van der Waals surface area contributed by atoms with Crippen molar-refractivity contribution in [2.45, 2.75) is 12.8 Å². The van der Waals surface area contributed by atoms with Gasteiger partial charge in [-0.25, -0.2) is 4.39 Å². The number of anilines is 1. The van der Waals surface area contributed by atoms with E-state index in [0.717, 1.165) is 56.9 Å². The monoisotopic (exact) mass is 411 g/mol. The van der Waals surface area contributed by atoms with Crippen LogP contribution in [0.4, 0.5) is 10.1 Å². The third kappa shape index (κ3) is 4.52. The number of ether oxygens (including phenoxy) is 1. The minimum atomic E-state index is -0.522. The van der Waals surface area contributed by atoms with Gasteiger partial charge in [-0.2, -0.15) is 0 Å². The van der Waals surface area contributed by atoms with E-state index >= 15 is 0 Å². The molecule has 2 heterocycles. The molecule has 0 bridgehead atoms. The molecular weight excluding hydrogens is 385 g/mol. The van der Waals surface area contributed by atoms with Crippen LogP contribution in [0.3, 0.4) is 0 Å². The summed E-state index contributed by atoms with van der Waals surface area (Å²) in [4.78, 5) is 29.3. The normalized spacial score (nSPS) is 16.8. The number of aryl methyl sites for hydroxylation is 1. The molecule has 0 spiro atoms. The smallest absolute Gasteiger partial charge is 0.261 e. The molecule has 0 unspecified atom stereocenters. The molecule has 2 amide bonds. The van der Waals surface area contributed by atoms with E-state index in [1.54, 1.807) is 29.2 Å². The summed E-state index contributed by atoms with van der Waals surface area (Å²) in [6.07, 6.45) is 1.56. The number of hydrogen-bond acceptors (Lipinski definition) is 4. The first-order chi connectivity index (χ1) is 14.6. The van der Waals surface area contributed by atoms with Gasteiger partial charge in [0, 0.05) is 44.0 Å². The highest BCUT2D eigenvalue weighted by atomic mass is 19.1. The highest BCUT2D eigenvalue weighted by molar-refractivity contribution is 6.07. The third-order valence-electron chi connectivity index (χ3n) is 5.63. The van der Waals surface area contributed by atoms with Crippen LogP contribution in [0.15, 0.2) is 42.5 Å². The molecule has 158 valence electrons. The van der Waals surface area contributed by atoms with Crippen molar-refractivity contribution in [1.82, 2.24) is 10.2 Å². The first kappa shape index (κ1) is 20.5. The van der Waals surface area contributed by atoms with Gasteiger partial charge < -0.3 is 15.0 Å². The van der Waals surface area contributed by atoms with Crippen molar-refractivity contribution in [3.8, 4) is 0 Å². The Morgan fingerprint density at radius 2 is 1.87 bits per heavy atom. The van der Waals surface area contributed by atoms with E-state index in [-0.39, 0.29) is 17.4 Å². The Morgan fingerprint density at radius 1 is 1.07 bits per heavy atom. The molecule has 2 aliphatic heterocycles. The number of morpholine rings is 1. The van der Waals surface area contributed by atoms with Crippen LogP contribution in [0.25, 0.3) is 0 Å². The molecule has 0 aliphatic carbocycles. The van der Waals surface area contributed by atoms with Gasteiger partial charge in [0.05, 0.1) is 18.8 Å². The van der Waals surface area contributed by atoms with Crippen LogP contribution >= 0.6 is 0 Å². The van der Waals surface area contributed by atoms with E-state index < -0.39 is 5.82 Å². The summed E-state index contributed by atoms with van der Waals surface area (Å²) in [5.41, 5.74) is 2.33. The maximum atomic E-state index is 14.1. The van der Waals surface area contributed by atoms with Gasteiger partial charge >= 0.3 is 0 Å². The lowest BCUT2D eigenvalue weighted by Gasteiger charge is -2.30. The molecule has 2 aromatic carbocycles. The van der Waals surface area contributed by atoms with Gasteiger partial charge in [-0.15, -0.1) is 0 Å². The van der Waals surface area contributed by atoms with E-state index in [2.05, 4.69) is 10.2 Å². The quantitative estimate of drug-likeness (QED) is 0.821.